The van der Waals surface area contributed by atoms with E-state index in [0.29, 0.717) is 17.0 Å². The monoisotopic (exact) mass is 505 g/mol. The molecule has 1 saturated heterocycles. The molecule has 3 aliphatic rings. The van der Waals surface area contributed by atoms with E-state index in [1.165, 1.54) is 27.6 Å². The Morgan fingerprint density at radius 2 is 1.84 bits per heavy atom. The quantitative estimate of drug-likeness (QED) is 0.343. The summed E-state index contributed by atoms with van der Waals surface area (Å²) in [7, 11) is 2.06. The van der Waals surface area contributed by atoms with Crippen LogP contribution >= 0.6 is 0 Å². The van der Waals surface area contributed by atoms with Gasteiger partial charge in [-0.05, 0) is 66.3 Å². The van der Waals surface area contributed by atoms with Gasteiger partial charge in [0.2, 0.25) is 5.95 Å². The van der Waals surface area contributed by atoms with Gasteiger partial charge >= 0.3 is 0 Å². The number of aromatic nitrogens is 5. The molecule has 0 radical (unpaired) electrons. The normalized spacial score (nSPS) is 21.4. The van der Waals surface area contributed by atoms with E-state index in [-0.39, 0.29) is 22.4 Å². The van der Waals surface area contributed by atoms with Gasteiger partial charge in [-0.1, -0.05) is 36.4 Å². The van der Waals surface area contributed by atoms with Crippen molar-refractivity contribution in [2.75, 3.05) is 18.0 Å². The highest BCUT2D eigenvalue weighted by atomic mass is 16.1. The number of aryl methyl sites for hydroxylation is 1. The van der Waals surface area contributed by atoms with E-state index in [9.17, 15) is 4.79 Å². The van der Waals surface area contributed by atoms with Gasteiger partial charge in [-0.2, -0.15) is 10.1 Å². The number of hydrogen-bond acceptors (Lipinski definition) is 5. The third-order valence-electron chi connectivity index (χ3n) is 9.73. The fourth-order valence-electron chi connectivity index (χ4n) is 7.38. The van der Waals surface area contributed by atoms with Crippen molar-refractivity contribution >= 4 is 27.9 Å². The molecular formula is C30H31N7O. The average Bonchev–Trinajstić information content (AvgIpc) is 3.34. The van der Waals surface area contributed by atoms with Crippen LogP contribution in [0, 0.1) is 5.41 Å². The number of nitrogens with two attached hydrogens (primary N) is 1. The molecular weight excluding hydrogens is 474 g/mol. The lowest BCUT2D eigenvalue weighted by Gasteiger charge is -2.42. The topological polar surface area (TPSA) is 109 Å². The van der Waals surface area contributed by atoms with Gasteiger partial charge in [-0.15, -0.1) is 0 Å². The van der Waals surface area contributed by atoms with Gasteiger partial charge in [0.1, 0.15) is 5.39 Å². The summed E-state index contributed by atoms with van der Waals surface area (Å²) in [6.07, 6.45) is 7.03. The first-order valence-corrected chi connectivity index (χ1v) is 13.6. The molecule has 2 fully saturated rings. The Labute approximate surface area is 219 Å². The molecule has 8 heteroatoms. The molecule has 1 spiro atoms. The van der Waals surface area contributed by atoms with Crippen molar-refractivity contribution in [3.05, 3.63) is 87.5 Å². The van der Waals surface area contributed by atoms with Crippen LogP contribution in [0.4, 0.5) is 5.95 Å². The number of rotatable bonds is 3. The summed E-state index contributed by atoms with van der Waals surface area (Å²) in [5.41, 5.74) is 13.0. The molecule has 192 valence electrons. The van der Waals surface area contributed by atoms with E-state index >= 15 is 0 Å². The van der Waals surface area contributed by atoms with Crippen LogP contribution in [0.3, 0.4) is 0 Å². The van der Waals surface area contributed by atoms with Crippen molar-refractivity contribution in [2.45, 2.75) is 43.6 Å². The predicted octanol–water partition coefficient (Wildman–Crippen LogP) is 4.06. The fourth-order valence-corrected chi connectivity index (χ4v) is 7.38. The van der Waals surface area contributed by atoms with Crippen LogP contribution < -0.4 is 16.2 Å². The first-order valence-electron chi connectivity index (χ1n) is 13.6. The van der Waals surface area contributed by atoms with Gasteiger partial charge < -0.3 is 15.2 Å². The number of hydrogen-bond donors (Lipinski definition) is 3. The van der Waals surface area contributed by atoms with E-state index in [1.54, 1.807) is 0 Å². The van der Waals surface area contributed by atoms with Gasteiger partial charge in [-0.3, -0.25) is 14.9 Å². The molecule has 1 saturated carbocycles. The highest BCUT2D eigenvalue weighted by Gasteiger charge is 2.50. The molecule has 38 heavy (non-hydrogen) atoms. The molecule has 1 atom stereocenters. The smallest absolute Gasteiger partial charge is 0.263 e. The van der Waals surface area contributed by atoms with Gasteiger partial charge in [0.05, 0.1) is 5.69 Å². The minimum Gasteiger partial charge on any atom is -0.351 e. The van der Waals surface area contributed by atoms with Crippen LogP contribution in [0.1, 0.15) is 54.1 Å². The summed E-state index contributed by atoms with van der Waals surface area (Å²) in [5, 5.41) is 9.60. The minimum absolute atomic E-state index is 0.0630. The van der Waals surface area contributed by atoms with Crippen molar-refractivity contribution in [3.8, 4) is 0 Å². The molecule has 8 nitrogen and oxygen atoms in total. The number of aromatic amines is 2. The summed E-state index contributed by atoms with van der Waals surface area (Å²) in [6, 6.07) is 17.2. The SMILES string of the molecule is Cn1ccc2c(C3(c4[nH]nc5nc(N6CCC7(CC6)Cc6ccccc6[C@H]7N)[nH]c(=O)c45)CC3)cccc21. The van der Waals surface area contributed by atoms with Crippen molar-refractivity contribution in [3.63, 3.8) is 0 Å². The van der Waals surface area contributed by atoms with E-state index in [1.807, 2.05) is 0 Å². The number of nitrogens with one attached hydrogen (secondary N) is 2. The fraction of sp³-hybridized carbons (Fsp3) is 0.367. The van der Waals surface area contributed by atoms with E-state index in [0.717, 1.165) is 50.9 Å². The van der Waals surface area contributed by atoms with Crippen molar-refractivity contribution in [1.82, 2.24) is 24.7 Å². The third kappa shape index (κ3) is 2.92. The number of H-pyrrole nitrogens is 2. The second-order valence-corrected chi connectivity index (χ2v) is 11.6. The summed E-state index contributed by atoms with van der Waals surface area (Å²) in [4.78, 5) is 23.7. The van der Waals surface area contributed by atoms with Crippen LogP contribution in [0.15, 0.2) is 59.5 Å². The average molecular weight is 506 g/mol. The Hall–Kier alpha value is -3.91. The van der Waals surface area contributed by atoms with Crippen molar-refractivity contribution in [2.24, 2.45) is 18.2 Å². The molecule has 2 aromatic carbocycles. The zero-order valence-electron chi connectivity index (χ0n) is 21.5. The van der Waals surface area contributed by atoms with E-state index < -0.39 is 0 Å². The Kier molecular flexibility index (Phi) is 4.40. The lowest BCUT2D eigenvalue weighted by atomic mass is 9.73. The second kappa shape index (κ2) is 7.57. The molecule has 1 aliphatic heterocycles. The molecule has 4 heterocycles. The Morgan fingerprint density at radius 1 is 1.03 bits per heavy atom. The van der Waals surface area contributed by atoms with Gasteiger partial charge in [-0.25, -0.2) is 0 Å². The number of benzene rings is 2. The lowest BCUT2D eigenvalue weighted by Crippen LogP contribution is -2.45. The number of piperidine rings is 1. The second-order valence-electron chi connectivity index (χ2n) is 11.6. The molecule has 8 rings (SSSR count). The van der Waals surface area contributed by atoms with Crippen LogP contribution in [0.5, 0.6) is 0 Å². The Morgan fingerprint density at radius 3 is 2.63 bits per heavy atom. The highest BCUT2D eigenvalue weighted by molar-refractivity contribution is 5.88. The molecule has 0 bridgehead atoms. The zero-order chi connectivity index (χ0) is 25.6. The molecule has 0 unspecified atom stereocenters. The third-order valence-corrected chi connectivity index (χ3v) is 9.73. The Bertz CT molecular complexity index is 1780. The van der Waals surface area contributed by atoms with Crippen LogP contribution in [-0.4, -0.2) is 37.8 Å². The molecule has 5 aromatic rings. The maximum atomic E-state index is 13.5. The highest BCUT2D eigenvalue weighted by Crippen LogP contribution is 2.56. The molecule has 2 aliphatic carbocycles. The summed E-state index contributed by atoms with van der Waals surface area (Å²) >= 11 is 0. The number of anilines is 1. The summed E-state index contributed by atoms with van der Waals surface area (Å²) in [6.45, 7) is 1.63. The lowest BCUT2D eigenvalue weighted by molar-refractivity contribution is 0.187. The van der Waals surface area contributed by atoms with Crippen molar-refractivity contribution in [1.29, 1.82) is 0 Å². The predicted molar refractivity (Wildman–Crippen MR) is 148 cm³/mol. The molecule has 4 N–H and O–H groups in total. The molecule has 0 amide bonds. The number of nitrogens with zero attached hydrogens (tertiary/aromatic N) is 4. The number of fused-ring (bicyclic) bond motifs is 3. The van der Waals surface area contributed by atoms with Crippen LogP contribution in [0.2, 0.25) is 0 Å². The zero-order valence-corrected chi connectivity index (χ0v) is 21.5. The first-order chi connectivity index (χ1) is 18.5. The van der Waals surface area contributed by atoms with E-state index in [2.05, 4.69) is 86.4 Å². The molecule has 3 aromatic heterocycles. The van der Waals surface area contributed by atoms with Crippen molar-refractivity contribution < 1.29 is 0 Å². The summed E-state index contributed by atoms with van der Waals surface area (Å²) < 4.78 is 2.14. The maximum Gasteiger partial charge on any atom is 0.263 e. The summed E-state index contributed by atoms with van der Waals surface area (Å²) in [5.74, 6) is 0.606. The van der Waals surface area contributed by atoms with E-state index in [4.69, 9.17) is 10.7 Å². The van der Waals surface area contributed by atoms with Gasteiger partial charge in [0, 0.05) is 48.7 Å². The van der Waals surface area contributed by atoms with Crippen LogP contribution in [-0.2, 0) is 18.9 Å². The maximum absolute atomic E-state index is 13.5. The first kappa shape index (κ1) is 22.1. The van der Waals surface area contributed by atoms with Crippen LogP contribution in [0.25, 0.3) is 21.9 Å². The Balaban J connectivity index is 1.11. The standard InChI is InChI=1S/C30H31N7O/c1-36-14-9-20-21(7-4-8-22(20)36)30(10-11-30)25-23-26(35-34-25)32-28(33-27(23)38)37-15-12-29(13-16-37)17-18-5-2-3-6-19(18)24(29)31/h2-9,14,24H,10-13,15-17,31H2,1H3,(H2,32,33,34,35,38)/t24-/m1/s1. The largest absolute Gasteiger partial charge is 0.351 e. The van der Waals surface area contributed by atoms with Gasteiger partial charge in [0.25, 0.3) is 5.56 Å². The minimum atomic E-state index is -0.225. The van der Waals surface area contributed by atoms with Gasteiger partial charge in [0.15, 0.2) is 5.65 Å².